The van der Waals surface area contributed by atoms with E-state index in [4.69, 9.17) is 5.73 Å². The molecule has 2 fully saturated rings. The third kappa shape index (κ3) is 1.85. The minimum Gasteiger partial charge on any atom is -0.370 e. The zero-order valence-electron chi connectivity index (χ0n) is 8.20. The van der Waals surface area contributed by atoms with Crippen molar-refractivity contribution in [3.8, 4) is 0 Å². The molecule has 2 rings (SSSR count). The first-order valence-electron chi connectivity index (χ1n) is 5.12. The van der Waals surface area contributed by atoms with E-state index in [1.54, 1.807) is 0 Å². The quantitative estimate of drug-likeness (QED) is 0.674. The van der Waals surface area contributed by atoms with Crippen molar-refractivity contribution >= 4 is 5.91 Å². The molecule has 0 radical (unpaired) electrons. The topological polar surface area (TPSA) is 46.3 Å². The van der Waals surface area contributed by atoms with Gasteiger partial charge in [-0.1, -0.05) is 0 Å². The molecule has 3 heteroatoms. The third-order valence-electron chi connectivity index (χ3n) is 3.52. The zero-order chi connectivity index (χ0) is 9.42. The number of likely N-dealkylation sites (tertiary alicyclic amines) is 1. The van der Waals surface area contributed by atoms with Gasteiger partial charge in [-0.05, 0) is 37.6 Å². The average molecular weight is 182 g/mol. The summed E-state index contributed by atoms with van der Waals surface area (Å²) in [6.45, 7) is 2.38. The number of nitrogens with zero attached hydrogens (tertiary/aromatic N) is 1. The van der Waals surface area contributed by atoms with Crippen molar-refractivity contribution in [2.45, 2.75) is 19.3 Å². The first-order chi connectivity index (χ1) is 6.15. The van der Waals surface area contributed by atoms with Crippen molar-refractivity contribution in [3.63, 3.8) is 0 Å². The molecule has 3 atom stereocenters. The van der Waals surface area contributed by atoms with Gasteiger partial charge in [0, 0.05) is 19.5 Å². The maximum atomic E-state index is 10.8. The lowest BCUT2D eigenvalue weighted by Gasteiger charge is -2.29. The fourth-order valence-electron chi connectivity index (χ4n) is 3.13. The van der Waals surface area contributed by atoms with Crippen LogP contribution in [-0.2, 0) is 4.79 Å². The predicted molar refractivity (Wildman–Crippen MR) is 51.0 cm³/mol. The summed E-state index contributed by atoms with van der Waals surface area (Å²) in [7, 11) is 2.17. The van der Waals surface area contributed by atoms with Crippen LogP contribution in [0.4, 0.5) is 0 Å². The van der Waals surface area contributed by atoms with Gasteiger partial charge in [0.25, 0.3) is 0 Å². The van der Waals surface area contributed by atoms with Gasteiger partial charge in [-0.15, -0.1) is 0 Å². The molecule has 0 aromatic rings. The Hall–Kier alpha value is -0.570. The molecule has 0 aromatic heterocycles. The minimum absolute atomic E-state index is 0.125. The van der Waals surface area contributed by atoms with Gasteiger partial charge < -0.3 is 10.6 Å². The number of nitrogens with two attached hydrogens (primary N) is 1. The van der Waals surface area contributed by atoms with Crippen LogP contribution in [0.2, 0.25) is 0 Å². The Morgan fingerprint density at radius 2 is 2.23 bits per heavy atom. The molecule has 1 saturated heterocycles. The number of fused-ring (bicyclic) bond motifs is 2. The molecule has 1 aliphatic heterocycles. The van der Waals surface area contributed by atoms with Crippen LogP contribution in [0.1, 0.15) is 19.3 Å². The van der Waals surface area contributed by atoms with Crippen LogP contribution in [0, 0.1) is 17.8 Å². The van der Waals surface area contributed by atoms with Gasteiger partial charge >= 0.3 is 0 Å². The molecule has 2 bridgehead atoms. The van der Waals surface area contributed by atoms with Gasteiger partial charge in [0.2, 0.25) is 5.91 Å². The van der Waals surface area contributed by atoms with Crippen molar-refractivity contribution in [1.29, 1.82) is 0 Å². The average Bonchev–Trinajstić information content (AvgIpc) is 2.25. The molecule has 13 heavy (non-hydrogen) atoms. The number of piperidine rings is 1. The zero-order valence-corrected chi connectivity index (χ0v) is 8.20. The summed E-state index contributed by atoms with van der Waals surface area (Å²) >= 11 is 0. The molecule has 2 aliphatic rings. The van der Waals surface area contributed by atoms with E-state index in [0.717, 1.165) is 18.4 Å². The third-order valence-corrected chi connectivity index (χ3v) is 3.52. The van der Waals surface area contributed by atoms with Crippen LogP contribution in [0.3, 0.4) is 0 Å². The molecule has 1 saturated carbocycles. The van der Waals surface area contributed by atoms with Crippen molar-refractivity contribution in [3.05, 3.63) is 0 Å². The molecule has 74 valence electrons. The van der Waals surface area contributed by atoms with Crippen molar-refractivity contribution < 1.29 is 4.79 Å². The standard InChI is InChI=1S/C10H18N2O/c1-12-5-7-2-8(4-10(11)13)9(3-7)6-12/h7-9H,2-6H2,1H3,(H2,11,13). The van der Waals surface area contributed by atoms with Gasteiger partial charge in [0.05, 0.1) is 0 Å². The fraction of sp³-hybridized carbons (Fsp3) is 0.900. The normalized spacial score (nSPS) is 39.3. The second kappa shape index (κ2) is 3.29. The highest BCUT2D eigenvalue weighted by molar-refractivity contribution is 5.74. The Bertz CT molecular complexity index is 217. The predicted octanol–water partition coefficient (Wildman–Crippen LogP) is 0.450. The summed E-state index contributed by atoms with van der Waals surface area (Å²) in [5, 5.41) is 0. The maximum Gasteiger partial charge on any atom is 0.217 e. The second-order valence-corrected chi connectivity index (χ2v) is 4.75. The molecule has 2 N–H and O–H groups in total. The Balaban J connectivity index is 1.97. The monoisotopic (exact) mass is 182 g/mol. The van der Waals surface area contributed by atoms with E-state index in [2.05, 4.69) is 11.9 Å². The SMILES string of the molecule is CN1CC2CC(CC(N)=O)C(C2)C1. The fourth-order valence-corrected chi connectivity index (χ4v) is 3.13. The largest absolute Gasteiger partial charge is 0.370 e. The summed E-state index contributed by atoms with van der Waals surface area (Å²) in [4.78, 5) is 13.2. The summed E-state index contributed by atoms with van der Waals surface area (Å²) in [6, 6.07) is 0. The van der Waals surface area contributed by atoms with E-state index in [-0.39, 0.29) is 5.91 Å². The Labute approximate surface area is 79.3 Å². The van der Waals surface area contributed by atoms with Crippen LogP contribution in [-0.4, -0.2) is 30.9 Å². The van der Waals surface area contributed by atoms with E-state index in [1.807, 2.05) is 0 Å². The molecule has 1 amide bonds. The molecule has 1 aliphatic carbocycles. The number of primary amides is 1. The Morgan fingerprint density at radius 3 is 2.92 bits per heavy atom. The van der Waals surface area contributed by atoms with Gasteiger partial charge in [-0.3, -0.25) is 4.79 Å². The maximum absolute atomic E-state index is 10.8. The van der Waals surface area contributed by atoms with Crippen molar-refractivity contribution in [2.75, 3.05) is 20.1 Å². The van der Waals surface area contributed by atoms with E-state index in [1.165, 1.54) is 19.4 Å². The van der Waals surface area contributed by atoms with Crippen LogP contribution in [0.5, 0.6) is 0 Å². The van der Waals surface area contributed by atoms with Gasteiger partial charge in [-0.25, -0.2) is 0 Å². The van der Waals surface area contributed by atoms with E-state index >= 15 is 0 Å². The lowest BCUT2D eigenvalue weighted by Crippen LogP contribution is -2.34. The number of hydrogen-bond donors (Lipinski definition) is 1. The van der Waals surface area contributed by atoms with Crippen LogP contribution in [0.25, 0.3) is 0 Å². The van der Waals surface area contributed by atoms with Crippen LogP contribution < -0.4 is 5.73 Å². The highest BCUT2D eigenvalue weighted by Gasteiger charge is 2.39. The molecule has 0 aromatic carbocycles. The molecule has 1 heterocycles. The van der Waals surface area contributed by atoms with Crippen LogP contribution in [0.15, 0.2) is 0 Å². The molecular weight excluding hydrogens is 164 g/mol. The summed E-state index contributed by atoms with van der Waals surface area (Å²) in [5.74, 6) is 2.01. The number of carbonyl (C=O) groups excluding carboxylic acids is 1. The first kappa shape index (κ1) is 9.00. The number of amides is 1. The molecule has 3 nitrogen and oxygen atoms in total. The highest BCUT2D eigenvalue weighted by atomic mass is 16.1. The summed E-state index contributed by atoms with van der Waals surface area (Å²) < 4.78 is 0. The number of hydrogen-bond acceptors (Lipinski definition) is 2. The Kier molecular flexibility index (Phi) is 2.28. The molecule has 3 unspecified atom stereocenters. The van der Waals surface area contributed by atoms with Gasteiger partial charge in [-0.2, -0.15) is 0 Å². The van der Waals surface area contributed by atoms with Crippen LogP contribution >= 0.6 is 0 Å². The highest BCUT2D eigenvalue weighted by Crippen LogP contribution is 2.42. The smallest absolute Gasteiger partial charge is 0.217 e. The second-order valence-electron chi connectivity index (χ2n) is 4.75. The van der Waals surface area contributed by atoms with Gasteiger partial charge in [0.1, 0.15) is 0 Å². The van der Waals surface area contributed by atoms with E-state index in [0.29, 0.717) is 12.3 Å². The van der Waals surface area contributed by atoms with Crippen molar-refractivity contribution in [1.82, 2.24) is 4.90 Å². The lowest BCUT2D eigenvalue weighted by atomic mass is 9.92. The van der Waals surface area contributed by atoms with E-state index < -0.39 is 0 Å². The summed E-state index contributed by atoms with van der Waals surface area (Å²) in [6.07, 6.45) is 3.15. The molecule has 0 spiro atoms. The van der Waals surface area contributed by atoms with Gasteiger partial charge in [0.15, 0.2) is 0 Å². The minimum atomic E-state index is -0.125. The molecular formula is C10H18N2O. The Morgan fingerprint density at radius 1 is 1.46 bits per heavy atom. The number of carbonyl (C=O) groups is 1. The van der Waals surface area contributed by atoms with Crippen molar-refractivity contribution in [2.24, 2.45) is 23.5 Å². The van der Waals surface area contributed by atoms with E-state index in [9.17, 15) is 4.79 Å². The number of rotatable bonds is 2. The lowest BCUT2D eigenvalue weighted by molar-refractivity contribution is -0.119. The summed E-state index contributed by atoms with van der Waals surface area (Å²) in [5.41, 5.74) is 5.24. The first-order valence-corrected chi connectivity index (χ1v) is 5.12.